The standard InChI is InChI=1S/C21H25N3O5/c1-3-15(2)19(23-21(28)29-14-16-8-5-4-6-9-16)20(27)24(13-18(25)26)17-10-7-11-22-12-17/h4-12,15,19H,3,13-14H2,1-2H3,(H,23,28)(H,25,26)/t15?,19-/m0/s1. The maximum absolute atomic E-state index is 13.2. The lowest BCUT2D eigenvalue weighted by molar-refractivity contribution is -0.137. The highest BCUT2D eigenvalue weighted by atomic mass is 16.5. The van der Waals surface area contributed by atoms with Crippen LogP contribution in [0.3, 0.4) is 0 Å². The van der Waals surface area contributed by atoms with Crippen molar-refractivity contribution in [2.24, 2.45) is 5.92 Å². The van der Waals surface area contributed by atoms with Gasteiger partial charge in [-0.05, 0) is 23.6 Å². The second-order valence-electron chi connectivity index (χ2n) is 6.60. The number of alkyl carbamates (subject to hydrolysis) is 1. The van der Waals surface area contributed by atoms with Crippen molar-refractivity contribution in [3.05, 3.63) is 60.4 Å². The molecule has 0 fully saturated rings. The van der Waals surface area contributed by atoms with Crippen LogP contribution < -0.4 is 10.2 Å². The average molecular weight is 399 g/mol. The van der Waals surface area contributed by atoms with Gasteiger partial charge in [0, 0.05) is 6.20 Å². The zero-order chi connectivity index (χ0) is 21.2. The topological polar surface area (TPSA) is 109 Å². The summed E-state index contributed by atoms with van der Waals surface area (Å²) in [6.07, 6.45) is 2.79. The Morgan fingerprint density at radius 3 is 2.48 bits per heavy atom. The normalized spacial score (nSPS) is 12.5. The van der Waals surface area contributed by atoms with Gasteiger partial charge < -0.3 is 15.2 Å². The smallest absolute Gasteiger partial charge is 0.408 e. The first-order chi connectivity index (χ1) is 13.9. The number of ether oxygens (including phenoxy) is 1. The third-order valence-electron chi connectivity index (χ3n) is 4.48. The molecule has 1 heterocycles. The molecule has 0 bridgehead atoms. The van der Waals surface area contributed by atoms with Gasteiger partial charge in [-0.25, -0.2) is 4.79 Å². The highest BCUT2D eigenvalue weighted by molar-refractivity contribution is 6.01. The van der Waals surface area contributed by atoms with Gasteiger partial charge in [0.2, 0.25) is 0 Å². The molecule has 0 saturated carbocycles. The SMILES string of the molecule is CCC(C)[C@H](NC(=O)OCc1ccccc1)C(=O)N(CC(=O)O)c1cccnc1. The van der Waals surface area contributed by atoms with Crippen molar-refractivity contribution in [1.29, 1.82) is 0 Å². The lowest BCUT2D eigenvalue weighted by Gasteiger charge is -2.29. The predicted octanol–water partition coefficient (Wildman–Crippen LogP) is 2.84. The average Bonchev–Trinajstić information content (AvgIpc) is 2.74. The molecule has 0 spiro atoms. The molecule has 1 aromatic heterocycles. The minimum absolute atomic E-state index is 0.0650. The summed E-state index contributed by atoms with van der Waals surface area (Å²) < 4.78 is 5.22. The molecule has 0 aliphatic carbocycles. The van der Waals surface area contributed by atoms with Gasteiger partial charge in [0.25, 0.3) is 5.91 Å². The van der Waals surface area contributed by atoms with Crippen molar-refractivity contribution in [1.82, 2.24) is 10.3 Å². The van der Waals surface area contributed by atoms with Crippen LogP contribution in [0.2, 0.25) is 0 Å². The van der Waals surface area contributed by atoms with Gasteiger partial charge in [-0.2, -0.15) is 0 Å². The second-order valence-corrected chi connectivity index (χ2v) is 6.60. The second kappa shape index (κ2) is 10.8. The van der Waals surface area contributed by atoms with Crippen LogP contribution in [0.15, 0.2) is 54.9 Å². The molecule has 2 N–H and O–H groups in total. The van der Waals surface area contributed by atoms with Gasteiger partial charge in [0.1, 0.15) is 19.2 Å². The summed E-state index contributed by atoms with van der Waals surface area (Å²) in [7, 11) is 0. The van der Waals surface area contributed by atoms with Crippen LogP contribution in [0, 0.1) is 5.92 Å². The van der Waals surface area contributed by atoms with Crippen LogP contribution >= 0.6 is 0 Å². The Morgan fingerprint density at radius 1 is 1.17 bits per heavy atom. The molecular formula is C21H25N3O5. The van der Waals surface area contributed by atoms with E-state index < -0.39 is 30.6 Å². The molecule has 8 nitrogen and oxygen atoms in total. The summed E-state index contributed by atoms with van der Waals surface area (Å²) in [5.74, 6) is -1.94. The quantitative estimate of drug-likeness (QED) is 0.671. The third-order valence-corrected chi connectivity index (χ3v) is 4.48. The summed E-state index contributed by atoms with van der Waals surface area (Å²) in [6.45, 7) is 3.21. The fourth-order valence-corrected chi connectivity index (χ4v) is 2.69. The molecule has 1 aromatic carbocycles. The van der Waals surface area contributed by atoms with Gasteiger partial charge in [-0.1, -0.05) is 50.6 Å². The highest BCUT2D eigenvalue weighted by Gasteiger charge is 2.32. The summed E-state index contributed by atoms with van der Waals surface area (Å²) in [5, 5.41) is 11.8. The zero-order valence-electron chi connectivity index (χ0n) is 16.4. The summed E-state index contributed by atoms with van der Waals surface area (Å²) in [6, 6.07) is 11.4. The van der Waals surface area contributed by atoms with Crippen LogP contribution in [-0.2, 0) is 20.9 Å². The summed E-state index contributed by atoms with van der Waals surface area (Å²) >= 11 is 0. The zero-order valence-corrected chi connectivity index (χ0v) is 16.4. The van der Waals surface area contributed by atoms with E-state index in [2.05, 4.69) is 10.3 Å². The van der Waals surface area contributed by atoms with Crippen LogP contribution in [0.5, 0.6) is 0 Å². The highest BCUT2D eigenvalue weighted by Crippen LogP contribution is 2.18. The van der Waals surface area contributed by atoms with Crippen LogP contribution in [0.1, 0.15) is 25.8 Å². The Balaban J connectivity index is 2.14. The van der Waals surface area contributed by atoms with Gasteiger partial charge in [0.05, 0.1) is 11.9 Å². The molecule has 0 saturated heterocycles. The number of nitrogens with zero attached hydrogens (tertiary/aromatic N) is 2. The molecule has 0 radical (unpaired) electrons. The number of carbonyl (C=O) groups excluding carboxylic acids is 2. The van der Waals surface area contributed by atoms with Crippen LogP contribution in [0.4, 0.5) is 10.5 Å². The van der Waals surface area contributed by atoms with Crippen molar-refractivity contribution >= 4 is 23.7 Å². The van der Waals surface area contributed by atoms with E-state index in [0.29, 0.717) is 12.1 Å². The lowest BCUT2D eigenvalue weighted by Crippen LogP contribution is -2.53. The van der Waals surface area contributed by atoms with Crippen molar-refractivity contribution in [3.8, 4) is 0 Å². The molecule has 0 aliphatic rings. The van der Waals surface area contributed by atoms with E-state index in [1.54, 1.807) is 12.1 Å². The maximum atomic E-state index is 13.2. The monoisotopic (exact) mass is 399 g/mol. The number of pyridine rings is 1. The Hall–Kier alpha value is -3.42. The van der Waals surface area contributed by atoms with E-state index in [1.165, 1.54) is 12.4 Å². The number of aliphatic carboxylic acids is 1. The van der Waals surface area contributed by atoms with E-state index in [-0.39, 0.29) is 12.5 Å². The molecule has 29 heavy (non-hydrogen) atoms. The first-order valence-corrected chi connectivity index (χ1v) is 9.32. The molecule has 0 aliphatic heterocycles. The number of anilines is 1. The molecule has 2 rings (SSSR count). The Bertz CT molecular complexity index is 814. The molecule has 2 atom stereocenters. The molecule has 2 aromatic rings. The predicted molar refractivity (Wildman–Crippen MR) is 107 cm³/mol. The number of hydrogen-bond acceptors (Lipinski definition) is 5. The Morgan fingerprint density at radius 2 is 1.90 bits per heavy atom. The number of amides is 2. The van der Waals surface area contributed by atoms with Gasteiger partial charge >= 0.3 is 12.1 Å². The molecule has 154 valence electrons. The maximum Gasteiger partial charge on any atom is 0.408 e. The van der Waals surface area contributed by atoms with E-state index in [0.717, 1.165) is 10.5 Å². The fourth-order valence-electron chi connectivity index (χ4n) is 2.69. The number of rotatable bonds is 9. The molecular weight excluding hydrogens is 374 g/mol. The fraction of sp³-hybridized carbons (Fsp3) is 0.333. The van der Waals surface area contributed by atoms with Crippen molar-refractivity contribution < 1.29 is 24.2 Å². The van der Waals surface area contributed by atoms with Crippen LogP contribution in [-0.4, -0.2) is 40.6 Å². The first kappa shape index (κ1) is 21.9. The number of benzene rings is 1. The number of nitrogens with one attached hydrogen (secondary N) is 1. The molecule has 1 unspecified atom stereocenters. The first-order valence-electron chi connectivity index (χ1n) is 9.32. The molecule has 8 heteroatoms. The molecule has 2 amide bonds. The summed E-state index contributed by atoms with van der Waals surface area (Å²) in [5.41, 5.74) is 1.16. The van der Waals surface area contributed by atoms with E-state index in [4.69, 9.17) is 4.74 Å². The van der Waals surface area contributed by atoms with Gasteiger partial charge in [-0.3, -0.25) is 19.5 Å². The number of carboxylic acids is 1. The van der Waals surface area contributed by atoms with Crippen molar-refractivity contribution in [3.63, 3.8) is 0 Å². The summed E-state index contributed by atoms with van der Waals surface area (Å²) in [4.78, 5) is 41.8. The Labute approximate surface area is 169 Å². The number of carbonyl (C=O) groups is 3. The number of hydrogen-bond donors (Lipinski definition) is 2. The number of carboxylic acid groups (broad SMARTS) is 1. The number of aromatic nitrogens is 1. The van der Waals surface area contributed by atoms with Crippen LogP contribution in [0.25, 0.3) is 0 Å². The van der Waals surface area contributed by atoms with Crippen molar-refractivity contribution in [2.45, 2.75) is 32.9 Å². The lowest BCUT2D eigenvalue weighted by atomic mass is 9.97. The van der Waals surface area contributed by atoms with E-state index in [1.807, 2.05) is 44.2 Å². The minimum Gasteiger partial charge on any atom is -0.480 e. The van der Waals surface area contributed by atoms with Crippen molar-refractivity contribution in [2.75, 3.05) is 11.4 Å². The minimum atomic E-state index is -1.17. The van der Waals surface area contributed by atoms with Gasteiger partial charge in [0.15, 0.2) is 0 Å². The van der Waals surface area contributed by atoms with E-state index in [9.17, 15) is 19.5 Å². The third kappa shape index (κ3) is 6.60. The van der Waals surface area contributed by atoms with Gasteiger partial charge in [-0.15, -0.1) is 0 Å². The van der Waals surface area contributed by atoms with E-state index >= 15 is 0 Å². The Kier molecular flexibility index (Phi) is 8.14. The largest absolute Gasteiger partial charge is 0.480 e.